The first-order valence-corrected chi connectivity index (χ1v) is 9.35. The van der Waals surface area contributed by atoms with Crippen LogP contribution in [0.25, 0.3) is 0 Å². The van der Waals surface area contributed by atoms with Crippen LogP contribution < -0.4 is 16.0 Å². The number of urea groups is 1. The van der Waals surface area contributed by atoms with Gasteiger partial charge in [-0.1, -0.05) is 6.92 Å². The number of hydrogen-bond acceptors (Lipinski definition) is 4. The molecular formula is C15H21N3O4S. The van der Waals surface area contributed by atoms with Crippen molar-refractivity contribution in [1.82, 2.24) is 5.32 Å². The summed E-state index contributed by atoms with van der Waals surface area (Å²) in [5, 5.41) is 8.07. The maximum Gasteiger partial charge on any atom is 0.319 e. The fourth-order valence-corrected chi connectivity index (χ4v) is 4.19. The number of amides is 3. The Balaban J connectivity index is 1.78. The molecule has 2 rings (SSSR count). The third-order valence-electron chi connectivity index (χ3n) is 3.63. The average Bonchev–Trinajstić information content (AvgIpc) is 2.86. The lowest BCUT2D eigenvalue weighted by atomic mass is 10.1. The van der Waals surface area contributed by atoms with Gasteiger partial charge in [-0.05, 0) is 36.6 Å². The van der Waals surface area contributed by atoms with E-state index in [1.54, 1.807) is 31.2 Å². The van der Waals surface area contributed by atoms with Gasteiger partial charge in [-0.15, -0.1) is 0 Å². The minimum atomic E-state index is -2.93. The molecule has 1 aromatic rings. The molecule has 0 bridgehead atoms. The molecule has 1 aliphatic heterocycles. The lowest BCUT2D eigenvalue weighted by Gasteiger charge is -2.11. The van der Waals surface area contributed by atoms with E-state index in [4.69, 9.17) is 0 Å². The van der Waals surface area contributed by atoms with Crippen LogP contribution >= 0.6 is 0 Å². The molecule has 1 heterocycles. The maximum absolute atomic E-state index is 11.8. The molecule has 1 unspecified atom stereocenters. The van der Waals surface area contributed by atoms with Crippen LogP contribution in [0.1, 0.15) is 19.8 Å². The molecule has 7 nitrogen and oxygen atoms in total. The van der Waals surface area contributed by atoms with Gasteiger partial charge in [0.25, 0.3) is 0 Å². The van der Waals surface area contributed by atoms with E-state index in [2.05, 4.69) is 16.0 Å². The first-order chi connectivity index (χ1) is 10.9. The number of carbonyl (C=O) groups excluding carboxylic acids is 2. The van der Waals surface area contributed by atoms with Gasteiger partial charge in [-0.25, -0.2) is 13.2 Å². The van der Waals surface area contributed by atoms with E-state index < -0.39 is 9.84 Å². The van der Waals surface area contributed by atoms with Crippen molar-refractivity contribution < 1.29 is 18.0 Å². The lowest BCUT2D eigenvalue weighted by Crippen LogP contribution is -2.33. The van der Waals surface area contributed by atoms with Gasteiger partial charge in [0.1, 0.15) is 0 Å². The molecule has 0 aromatic heterocycles. The second-order valence-corrected chi connectivity index (χ2v) is 7.81. The highest BCUT2D eigenvalue weighted by atomic mass is 32.2. The van der Waals surface area contributed by atoms with Crippen LogP contribution in [0.2, 0.25) is 0 Å². The van der Waals surface area contributed by atoms with Crippen LogP contribution in [0.4, 0.5) is 16.2 Å². The zero-order chi connectivity index (χ0) is 16.9. The number of anilines is 2. The highest BCUT2D eigenvalue weighted by Crippen LogP contribution is 2.17. The Morgan fingerprint density at radius 2 is 1.74 bits per heavy atom. The highest BCUT2D eigenvalue weighted by Gasteiger charge is 2.27. The zero-order valence-electron chi connectivity index (χ0n) is 13.0. The van der Waals surface area contributed by atoms with Gasteiger partial charge in [-0.3, -0.25) is 4.79 Å². The van der Waals surface area contributed by atoms with Gasteiger partial charge < -0.3 is 16.0 Å². The number of benzene rings is 1. The number of nitrogens with one attached hydrogen (secondary N) is 3. The molecule has 1 fully saturated rings. The molecule has 0 spiro atoms. The molecule has 3 amide bonds. The van der Waals surface area contributed by atoms with E-state index in [0.717, 1.165) is 0 Å². The van der Waals surface area contributed by atoms with E-state index >= 15 is 0 Å². The van der Waals surface area contributed by atoms with Gasteiger partial charge in [-0.2, -0.15) is 0 Å². The van der Waals surface area contributed by atoms with Crippen LogP contribution in [0, 0.1) is 5.92 Å². The second kappa shape index (κ2) is 7.45. The zero-order valence-corrected chi connectivity index (χ0v) is 13.8. The van der Waals surface area contributed by atoms with E-state index in [1.165, 1.54) is 0 Å². The van der Waals surface area contributed by atoms with Crippen molar-refractivity contribution in [3.8, 4) is 0 Å². The van der Waals surface area contributed by atoms with Gasteiger partial charge in [0.05, 0.1) is 11.5 Å². The Bertz CT molecular complexity index is 670. The Morgan fingerprint density at radius 1 is 1.13 bits per heavy atom. The number of sulfone groups is 1. The van der Waals surface area contributed by atoms with Gasteiger partial charge in [0.15, 0.2) is 9.84 Å². The van der Waals surface area contributed by atoms with Crippen molar-refractivity contribution in [2.75, 3.05) is 28.7 Å². The number of rotatable bonds is 5. The third kappa shape index (κ3) is 5.55. The standard InChI is InChI=1S/C15H21N3O4S/c1-2-14(19)17-12-3-5-13(6-4-12)18-15(20)16-9-11-7-8-23(21,22)10-11/h3-6,11H,2,7-10H2,1H3,(H,17,19)(H2,16,18,20). The Kier molecular flexibility index (Phi) is 5.59. The number of hydrogen-bond donors (Lipinski definition) is 3. The molecule has 3 N–H and O–H groups in total. The fourth-order valence-electron chi connectivity index (χ4n) is 2.33. The van der Waals surface area contributed by atoms with E-state index in [1.807, 2.05) is 0 Å². The van der Waals surface area contributed by atoms with Crippen molar-refractivity contribution in [2.45, 2.75) is 19.8 Å². The molecule has 0 radical (unpaired) electrons. The van der Waals surface area contributed by atoms with Crippen LogP contribution in [0.5, 0.6) is 0 Å². The van der Waals surface area contributed by atoms with Crippen LogP contribution in [0.3, 0.4) is 0 Å². The van der Waals surface area contributed by atoms with Crippen LogP contribution in [0.15, 0.2) is 24.3 Å². The molecule has 1 aliphatic rings. The minimum Gasteiger partial charge on any atom is -0.338 e. The van der Waals surface area contributed by atoms with Crippen molar-refractivity contribution in [2.24, 2.45) is 5.92 Å². The number of carbonyl (C=O) groups is 2. The lowest BCUT2D eigenvalue weighted by molar-refractivity contribution is -0.115. The molecule has 23 heavy (non-hydrogen) atoms. The van der Waals surface area contributed by atoms with Crippen molar-refractivity contribution in [3.05, 3.63) is 24.3 Å². The molecule has 1 aromatic carbocycles. The smallest absolute Gasteiger partial charge is 0.319 e. The highest BCUT2D eigenvalue weighted by molar-refractivity contribution is 7.91. The summed E-state index contributed by atoms with van der Waals surface area (Å²) < 4.78 is 22.7. The SMILES string of the molecule is CCC(=O)Nc1ccc(NC(=O)NCC2CCS(=O)(=O)C2)cc1. The Morgan fingerprint density at radius 3 is 2.26 bits per heavy atom. The van der Waals surface area contributed by atoms with E-state index in [0.29, 0.717) is 30.8 Å². The van der Waals surface area contributed by atoms with E-state index in [9.17, 15) is 18.0 Å². The Hall–Kier alpha value is -2.09. The topological polar surface area (TPSA) is 104 Å². The minimum absolute atomic E-state index is 0.0163. The van der Waals surface area contributed by atoms with E-state index in [-0.39, 0.29) is 29.4 Å². The normalized spacial score (nSPS) is 19.1. The molecule has 1 saturated heterocycles. The molecule has 0 saturated carbocycles. The van der Waals surface area contributed by atoms with Gasteiger partial charge >= 0.3 is 6.03 Å². The third-order valence-corrected chi connectivity index (χ3v) is 5.46. The van der Waals surface area contributed by atoms with Crippen LogP contribution in [-0.4, -0.2) is 38.4 Å². The summed E-state index contributed by atoms with van der Waals surface area (Å²) >= 11 is 0. The summed E-state index contributed by atoms with van der Waals surface area (Å²) in [5.74, 6) is 0.248. The summed E-state index contributed by atoms with van der Waals surface area (Å²) in [5.41, 5.74) is 1.26. The monoisotopic (exact) mass is 339 g/mol. The first-order valence-electron chi connectivity index (χ1n) is 7.53. The first kappa shape index (κ1) is 17.3. The summed E-state index contributed by atoms with van der Waals surface area (Å²) in [7, 11) is -2.93. The van der Waals surface area contributed by atoms with Crippen molar-refractivity contribution in [1.29, 1.82) is 0 Å². The molecule has 1 atom stereocenters. The van der Waals surface area contributed by atoms with Crippen molar-refractivity contribution in [3.63, 3.8) is 0 Å². The van der Waals surface area contributed by atoms with Gasteiger partial charge in [0, 0.05) is 24.3 Å². The molecule has 126 valence electrons. The fraction of sp³-hybridized carbons (Fsp3) is 0.467. The van der Waals surface area contributed by atoms with Gasteiger partial charge in [0.2, 0.25) is 5.91 Å². The predicted octanol–water partition coefficient (Wildman–Crippen LogP) is 1.59. The Labute approximate surface area is 135 Å². The molecule has 0 aliphatic carbocycles. The average molecular weight is 339 g/mol. The van der Waals surface area contributed by atoms with Crippen molar-refractivity contribution >= 4 is 33.2 Å². The second-order valence-electron chi connectivity index (χ2n) is 5.58. The van der Waals surface area contributed by atoms with Crippen LogP contribution in [-0.2, 0) is 14.6 Å². The maximum atomic E-state index is 11.8. The molecule has 8 heteroatoms. The molecular weight excluding hydrogens is 318 g/mol. The quantitative estimate of drug-likeness (QED) is 0.757. The summed E-state index contributed by atoms with van der Waals surface area (Å²) in [6, 6.07) is 6.40. The summed E-state index contributed by atoms with van der Waals surface area (Å²) in [6.07, 6.45) is 0.994. The predicted molar refractivity (Wildman–Crippen MR) is 89.1 cm³/mol. The summed E-state index contributed by atoms with van der Waals surface area (Å²) in [4.78, 5) is 23.1. The largest absolute Gasteiger partial charge is 0.338 e. The summed E-state index contributed by atoms with van der Waals surface area (Å²) in [6.45, 7) is 2.11.